The van der Waals surface area contributed by atoms with Crippen LogP contribution in [-0.4, -0.2) is 25.8 Å². The van der Waals surface area contributed by atoms with Gasteiger partial charge in [-0.25, -0.2) is 0 Å². The summed E-state index contributed by atoms with van der Waals surface area (Å²) in [6.07, 6.45) is 0.840. The molecule has 5 heteroatoms. The molecule has 5 nitrogen and oxygen atoms in total. The van der Waals surface area contributed by atoms with Gasteiger partial charge in [0.2, 0.25) is 6.10 Å². The number of carbonyl (C=O) groups excluding carboxylic acids is 2. The third-order valence-electron chi connectivity index (χ3n) is 3.91. The van der Waals surface area contributed by atoms with Gasteiger partial charge in [-0.2, -0.15) is 0 Å². The average Bonchev–Trinajstić information content (AvgIpc) is 2.63. The fourth-order valence-electron chi connectivity index (χ4n) is 2.66. The zero-order chi connectivity index (χ0) is 17.1. The molecule has 0 aliphatic carbocycles. The van der Waals surface area contributed by atoms with Crippen LogP contribution in [-0.2, 0) is 4.79 Å². The summed E-state index contributed by atoms with van der Waals surface area (Å²) in [4.78, 5) is 25.4. The van der Waals surface area contributed by atoms with Crippen molar-refractivity contribution in [2.75, 3.05) is 18.6 Å². The Morgan fingerprint density at radius 3 is 2.67 bits per heavy atom. The number of likely N-dealkylation sites (N-methyl/N-ethyl adjacent to an activating group) is 1. The molecule has 0 N–H and O–H groups in total. The van der Waals surface area contributed by atoms with Crippen molar-refractivity contribution in [1.82, 2.24) is 0 Å². The second kappa shape index (κ2) is 6.74. The molecule has 3 rings (SSSR count). The maximum atomic E-state index is 12.7. The van der Waals surface area contributed by atoms with E-state index in [-0.39, 0.29) is 5.91 Å². The molecule has 2 aromatic carbocycles. The zero-order valence-corrected chi connectivity index (χ0v) is 13.7. The molecule has 1 aliphatic heterocycles. The first-order chi connectivity index (χ1) is 11.7. The number of nitrogens with zero attached hydrogens (tertiary/aromatic N) is 1. The Labute approximate surface area is 140 Å². The van der Waals surface area contributed by atoms with E-state index in [1.807, 2.05) is 37.3 Å². The van der Waals surface area contributed by atoms with Crippen LogP contribution in [0.4, 0.5) is 5.69 Å². The number of carbonyl (C=O) groups is 2. The Kier molecular flexibility index (Phi) is 4.51. The van der Waals surface area contributed by atoms with Crippen LogP contribution in [0.2, 0.25) is 0 Å². The van der Waals surface area contributed by atoms with E-state index in [4.69, 9.17) is 9.47 Å². The van der Waals surface area contributed by atoms with E-state index < -0.39 is 6.10 Å². The number of rotatable bonds is 5. The second-order valence-electron chi connectivity index (χ2n) is 5.64. The van der Waals surface area contributed by atoms with Crippen molar-refractivity contribution in [3.05, 3.63) is 53.6 Å². The van der Waals surface area contributed by atoms with Crippen molar-refractivity contribution >= 4 is 17.9 Å². The molecule has 1 amide bonds. The number of hydrogen-bond donors (Lipinski definition) is 0. The van der Waals surface area contributed by atoms with Gasteiger partial charge in [-0.15, -0.1) is 0 Å². The average molecular weight is 325 g/mol. The molecule has 0 saturated heterocycles. The lowest BCUT2D eigenvalue weighted by atomic mass is 10.0. The van der Waals surface area contributed by atoms with Crippen LogP contribution >= 0.6 is 0 Å². The largest absolute Gasteiger partial charge is 0.490 e. The monoisotopic (exact) mass is 325 g/mol. The van der Waals surface area contributed by atoms with E-state index in [2.05, 4.69) is 0 Å². The first-order valence-electron chi connectivity index (χ1n) is 7.91. The maximum absolute atomic E-state index is 12.7. The van der Waals surface area contributed by atoms with Crippen LogP contribution in [0.25, 0.3) is 0 Å². The summed E-state index contributed by atoms with van der Waals surface area (Å²) in [7, 11) is 1.68. The smallest absolute Gasteiger partial charge is 0.272 e. The number of amides is 1. The predicted octanol–water partition coefficient (Wildman–Crippen LogP) is 3.38. The molecule has 1 aliphatic rings. The second-order valence-corrected chi connectivity index (χ2v) is 5.64. The summed E-state index contributed by atoms with van der Waals surface area (Å²) in [6.45, 7) is 2.51. The lowest BCUT2D eigenvalue weighted by Crippen LogP contribution is -2.38. The zero-order valence-electron chi connectivity index (χ0n) is 13.7. The van der Waals surface area contributed by atoms with Crippen molar-refractivity contribution in [1.29, 1.82) is 0 Å². The first kappa shape index (κ1) is 16.1. The van der Waals surface area contributed by atoms with Crippen molar-refractivity contribution in [2.24, 2.45) is 0 Å². The van der Waals surface area contributed by atoms with Crippen molar-refractivity contribution in [3.8, 4) is 11.5 Å². The number of fused-ring (bicyclic) bond motifs is 1. The molecule has 0 radical (unpaired) electrons. The molecule has 24 heavy (non-hydrogen) atoms. The fraction of sp³-hybridized carbons (Fsp3) is 0.263. The molecule has 1 heterocycles. The number of hydrogen-bond acceptors (Lipinski definition) is 4. The Balaban J connectivity index is 2.07. The lowest BCUT2D eigenvalue weighted by Gasteiger charge is -2.33. The summed E-state index contributed by atoms with van der Waals surface area (Å²) in [5, 5.41) is 0. The summed E-state index contributed by atoms with van der Waals surface area (Å²) in [5.41, 5.74) is 1.77. The minimum Gasteiger partial charge on any atom is -0.490 e. The van der Waals surface area contributed by atoms with Gasteiger partial charge in [0.15, 0.2) is 11.5 Å². The highest BCUT2D eigenvalue weighted by atomic mass is 16.5. The normalized spacial score (nSPS) is 16.3. The van der Waals surface area contributed by atoms with Gasteiger partial charge >= 0.3 is 0 Å². The topological polar surface area (TPSA) is 55.8 Å². The number of benzene rings is 2. The molecule has 0 saturated carbocycles. The Morgan fingerprint density at radius 1 is 1.25 bits per heavy atom. The van der Waals surface area contributed by atoms with E-state index >= 15 is 0 Å². The molecule has 1 unspecified atom stereocenters. The highest BCUT2D eigenvalue weighted by molar-refractivity contribution is 6.01. The SMILES string of the molecule is CCCOc1cc(C=O)cc2c1OC(c1ccccc1)C(=O)N2C. The van der Waals surface area contributed by atoms with E-state index in [0.29, 0.717) is 29.4 Å². The predicted molar refractivity (Wildman–Crippen MR) is 90.8 cm³/mol. The summed E-state index contributed by atoms with van der Waals surface area (Å²) in [5.74, 6) is 0.792. The fourth-order valence-corrected chi connectivity index (χ4v) is 2.66. The molecular formula is C19H19NO4. The van der Waals surface area contributed by atoms with Gasteiger partial charge in [-0.05, 0) is 18.6 Å². The number of aldehydes is 1. The van der Waals surface area contributed by atoms with Crippen LogP contribution in [0.1, 0.15) is 35.4 Å². The minimum absolute atomic E-state index is 0.182. The number of ether oxygens (including phenoxy) is 2. The Morgan fingerprint density at radius 2 is 2.00 bits per heavy atom. The van der Waals surface area contributed by atoms with Gasteiger partial charge < -0.3 is 14.4 Å². The molecule has 0 bridgehead atoms. The van der Waals surface area contributed by atoms with Gasteiger partial charge in [0.1, 0.15) is 6.29 Å². The molecule has 0 fully saturated rings. The highest BCUT2D eigenvalue weighted by Gasteiger charge is 2.35. The van der Waals surface area contributed by atoms with Crippen molar-refractivity contribution < 1.29 is 19.1 Å². The molecular weight excluding hydrogens is 306 g/mol. The van der Waals surface area contributed by atoms with Crippen molar-refractivity contribution in [2.45, 2.75) is 19.4 Å². The Bertz CT molecular complexity index is 757. The van der Waals surface area contributed by atoms with E-state index in [1.54, 1.807) is 19.2 Å². The van der Waals surface area contributed by atoms with Gasteiger partial charge in [0.05, 0.1) is 12.3 Å². The van der Waals surface area contributed by atoms with Gasteiger partial charge in [0.25, 0.3) is 5.91 Å². The van der Waals surface area contributed by atoms with Gasteiger partial charge in [-0.1, -0.05) is 37.3 Å². The van der Waals surface area contributed by atoms with Crippen LogP contribution in [0, 0.1) is 0 Å². The quantitative estimate of drug-likeness (QED) is 0.791. The molecule has 0 spiro atoms. The molecule has 0 aromatic heterocycles. The third-order valence-corrected chi connectivity index (χ3v) is 3.91. The molecule has 1 atom stereocenters. The molecule has 2 aromatic rings. The lowest BCUT2D eigenvalue weighted by molar-refractivity contribution is -0.126. The highest BCUT2D eigenvalue weighted by Crippen LogP contribution is 2.45. The van der Waals surface area contributed by atoms with Crippen LogP contribution < -0.4 is 14.4 Å². The van der Waals surface area contributed by atoms with Crippen LogP contribution in [0.3, 0.4) is 0 Å². The van der Waals surface area contributed by atoms with Gasteiger partial charge in [-0.3, -0.25) is 9.59 Å². The summed E-state index contributed by atoms with van der Waals surface area (Å²) >= 11 is 0. The first-order valence-corrected chi connectivity index (χ1v) is 7.91. The summed E-state index contributed by atoms with van der Waals surface area (Å²) < 4.78 is 11.7. The Hall–Kier alpha value is -2.82. The van der Waals surface area contributed by atoms with E-state index in [0.717, 1.165) is 18.3 Å². The van der Waals surface area contributed by atoms with Crippen LogP contribution in [0.5, 0.6) is 11.5 Å². The van der Waals surface area contributed by atoms with Crippen molar-refractivity contribution in [3.63, 3.8) is 0 Å². The third kappa shape index (κ3) is 2.85. The van der Waals surface area contributed by atoms with E-state index in [1.165, 1.54) is 4.90 Å². The standard InChI is InChI=1S/C19H19NO4/c1-3-9-23-16-11-13(12-21)10-15-18(16)24-17(19(22)20(15)2)14-7-5-4-6-8-14/h4-8,10-12,17H,3,9H2,1-2H3. The molecule has 124 valence electrons. The van der Waals surface area contributed by atoms with Crippen LogP contribution in [0.15, 0.2) is 42.5 Å². The maximum Gasteiger partial charge on any atom is 0.272 e. The van der Waals surface area contributed by atoms with E-state index in [9.17, 15) is 9.59 Å². The summed E-state index contributed by atoms with van der Waals surface area (Å²) in [6, 6.07) is 12.6. The van der Waals surface area contributed by atoms with Gasteiger partial charge in [0, 0.05) is 18.2 Å². The number of anilines is 1. The minimum atomic E-state index is -0.727.